The van der Waals surface area contributed by atoms with Gasteiger partial charge in [0.25, 0.3) is 5.91 Å². The molecule has 0 aliphatic heterocycles. The molecule has 148 valence electrons. The Morgan fingerprint density at radius 3 is 2.66 bits per heavy atom. The molecule has 0 saturated carbocycles. The minimum absolute atomic E-state index is 0.0536. The van der Waals surface area contributed by atoms with Crippen LogP contribution in [0.3, 0.4) is 0 Å². The average Bonchev–Trinajstić information content (AvgIpc) is 2.69. The van der Waals surface area contributed by atoms with Gasteiger partial charge >= 0.3 is 5.69 Å². The molecule has 0 radical (unpaired) electrons. The van der Waals surface area contributed by atoms with E-state index >= 15 is 0 Å². The number of phenols is 1. The Kier molecular flexibility index (Phi) is 6.03. The van der Waals surface area contributed by atoms with Crippen molar-refractivity contribution in [1.82, 2.24) is 15.3 Å². The van der Waals surface area contributed by atoms with Crippen LogP contribution in [0, 0.1) is 5.41 Å². The highest BCUT2D eigenvalue weighted by Crippen LogP contribution is 2.19. The number of amidine groups is 1. The van der Waals surface area contributed by atoms with Crippen LogP contribution in [0.15, 0.2) is 59.4 Å². The molecule has 0 unspecified atom stereocenters. The lowest BCUT2D eigenvalue weighted by Gasteiger charge is -2.09. The molecule has 8 heteroatoms. The number of benzene rings is 2. The first-order chi connectivity index (χ1) is 13.9. The average molecular weight is 391 g/mol. The van der Waals surface area contributed by atoms with Crippen LogP contribution in [0.4, 0.5) is 5.82 Å². The monoisotopic (exact) mass is 391 g/mol. The Labute approximate surface area is 167 Å². The molecule has 3 aromatic rings. The standard InChI is InChI=1S/C21H21N5O3/c1-13(22)24-20(28)16-4-2-3-15(11-16)18-12-19(26-21(29)25-18)23-10-9-14-5-7-17(27)8-6-14/h2-8,11-12,27H,9-10H2,1H3,(H2,22,24,28)(H2,23,25,26,29). The van der Waals surface area contributed by atoms with Gasteiger partial charge in [-0.1, -0.05) is 24.3 Å². The molecule has 0 spiro atoms. The van der Waals surface area contributed by atoms with E-state index < -0.39 is 5.69 Å². The predicted octanol–water partition coefficient (Wildman–Crippen LogP) is 2.52. The number of phenolic OH excluding ortho intramolecular Hbond substituents is 1. The highest BCUT2D eigenvalue weighted by Gasteiger charge is 2.09. The van der Waals surface area contributed by atoms with Crippen LogP contribution in [0.1, 0.15) is 22.8 Å². The normalized spacial score (nSPS) is 10.4. The lowest BCUT2D eigenvalue weighted by molar-refractivity contribution is 0.0976. The first-order valence-electron chi connectivity index (χ1n) is 9.01. The fraction of sp³-hybridized carbons (Fsp3) is 0.143. The summed E-state index contributed by atoms with van der Waals surface area (Å²) in [5, 5.41) is 22.3. The van der Waals surface area contributed by atoms with Crippen LogP contribution in [0.5, 0.6) is 5.75 Å². The SMILES string of the molecule is CC(=N)NC(=O)c1cccc(-c2cc(NCCc3ccc(O)cc3)nc(=O)[nH]2)c1. The molecule has 1 amide bonds. The number of amides is 1. The summed E-state index contributed by atoms with van der Waals surface area (Å²) in [6, 6.07) is 15.4. The molecule has 0 saturated heterocycles. The number of hydrogen-bond donors (Lipinski definition) is 5. The van der Waals surface area contributed by atoms with Crippen LogP contribution in [-0.2, 0) is 6.42 Å². The number of nitrogens with zero attached hydrogens (tertiary/aromatic N) is 1. The molecule has 1 heterocycles. The molecule has 2 aromatic carbocycles. The van der Waals surface area contributed by atoms with Crippen LogP contribution < -0.4 is 16.3 Å². The number of aromatic amines is 1. The molecule has 1 aromatic heterocycles. The molecular weight excluding hydrogens is 370 g/mol. The van der Waals surface area contributed by atoms with Crippen molar-refractivity contribution in [3.05, 3.63) is 76.2 Å². The molecular formula is C21H21N5O3. The third-order valence-electron chi connectivity index (χ3n) is 4.14. The number of anilines is 1. The zero-order valence-corrected chi connectivity index (χ0v) is 15.8. The molecule has 29 heavy (non-hydrogen) atoms. The molecule has 5 N–H and O–H groups in total. The van der Waals surface area contributed by atoms with Gasteiger partial charge in [-0.3, -0.25) is 10.2 Å². The Morgan fingerprint density at radius 1 is 1.17 bits per heavy atom. The van der Waals surface area contributed by atoms with Gasteiger partial charge in [0.15, 0.2) is 0 Å². The number of nitrogens with one attached hydrogen (secondary N) is 4. The van der Waals surface area contributed by atoms with E-state index in [1.807, 2.05) is 12.1 Å². The van der Waals surface area contributed by atoms with E-state index in [1.165, 1.54) is 6.92 Å². The quantitative estimate of drug-likeness (QED) is 0.325. The highest BCUT2D eigenvalue weighted by molar-refractivity contribution is 6.05. The molecule has 0 atom stereocenters. The second-order valence-electron chi connectivity index (χ2n) is 6.49. The van der Waals surface area contributed by atoms with Crippen molar-refractivity contribution in [2.24, 2.45) is 0 Å². The maximum Gasteiger partial charge on any atom is 0.347 e. The van der Waals surface area contributed by atoms with E-state index in [0.717, 1.165) is 5.56 Å². The zero-order chi connectivity index (χ0) is 20.8. The molecule has 8 nitrogen and oxygen atoms in total. The second-order valence-corrected chi connectivity index (χ2v) is 6.49. The van der Waals surface area contributed by atoms with Gasteiger partial charge < -0.3 is 20.7 Å². The second kappa shape index (κ2) is 8.83. The minimum Gasteiger partial charge on any atom is -0.508 e. The number of H-pyrrole nitrogens is 1. The summed E-state index contributed by atoms with van der Waals surface area (Å²) in [5.41, 5.74) is 2.11. The van der Waals surface area contributed by atoms with Gasteiger partial charge in [0.05, 0.1) is 11.5 Å². The van der Waals surface area contributed by atoms with Crippen LogP contribution in [-0.4, -0.2) is 33.4 Å². The third kappa shape index (κ3) is 5.52. The van der Waals surface area contributed by atoms with Crippen LogP contribution >= 0.6 is 0 Å². The molecule has 0 bridgehead atoms. The van der Waals surface area contributed by atoms with E-state index in [-0.39, 0.29) is 17.5 Å². The maximum atomic E-state index is 12.1. The van der Waals surface area contributed by atoms with Gasteiger partial charge in [-0.15, -0.1) is 0 Å². The topological polar surface area (TPSA) is 131 Å². The first-order valence-corrected chi connectivity index (χ1v) is 9.01. The Bertz CT molecular complexity index is 1090. The fourth-order valence-corrected chi connectivity index (χ4v) is 2.77. The summed E-state index contributed by atoms with van der Waals surface area (Å²) in [5.74, 6) is 0.308. The molecule has 0 fully saturated rings. The van der Waals surface area contributed by atoms with Crippen molar-refractivity contribution >= 4 is 17.6 Å². The van der Waals surface area contributed by atoms with Crippen molar-refractivity contribution in [3.8, 4) is 17.0 Å². The van der Waals surface area contributed by atoms with E-state index in [0.29, 0.717) is 35.6 Å². The smallest absolute Gasteiger partial charge is 0.347 e. The molecule has 3 rings (SSSR count). The van der Waals surface area contributed by atoms with Crippen molar-refractivity contribution < 1.29 is 9.90 Å². The van der Waals surface area contributed by atoms with Gasteiger partial charge in [-0.2, -0.15) is 4.98 Å². The number of aromatic hydroxyl groups is 1. The van der Waals surface area contributed by atoms with Crippen LogP contribution in [0.25, 0.3) is 11.3 Å². The van der Waals surface area contributed by atoms with Crippen LogP contribution in [0.2, 0.25) is 0 Å². The first kappa shape index (κ1) is 19.8. The zero-order valence-electron chi connectivity index (χ0n) is 15.8. The number of rotatable bonds is 6. The van der Waals surface area contributed by atoms with Gasteiger partial charge in [0.2, 0.25) is 0 Å². The summed E-state index contributed by atoms with van der Waals surface area (Å²) in [6.07, 6.45) is 0.697. The van der Waals surface area contributed by atoms with E-state index in [9.17, 15) is 14.7 Å². The van der Waals surface area contributed by atoms with Crippen molar-refractivity contribution in [2.45, 2.75) is 13.3 Å². The van der Waals surface area contributed by atoms with E-state index in [1.54, 1.807) is 42.5 Å². The van der Waals surface area contributed by atoms with Crippen molar-refractivity contribution in [3.63, 3.8) is 0 Å². The van der Waals surface area contributed by atoms with Crippen molar-refractivity contribution in [1.29, 1.82) is 5.41 Å². The number of hydrogen-bond acceptors (Lipinski definition) is 6. The Balaban J connectivity index is 1.75. The predicted molar refractivity (Wildman–Crippen MR) is 111 cm³/mol. The Morgan fingerprint density at radius 2 is 1.93 bits per heavy atom. The summed E-state index contributed by atoms with van der Waals surface area (Å²) < 4.78 is 0. The number of carbonyl (C=O) groups is 1. The number of carbonyl (C=O) groups excluding carboxylic acids is 1. The van der Waals surface area contributed by atoms with Gasteiger partial charge in [-0.25, -0.2) is 4.79 Å². The largest absolute Gasteiger partial charge is 0.508 e. The fourth-order valence-electron chi connectivity index (χ4n) is 2.77. The summed E-state index contributed by atoms with van der Waals surface area (Å²) in [4.78, 5) is 30.7. The summed E-state index contributed by atoms with van der Waals surface area (Å²) in [6.45, 7) is 2.04. The minimum atomic E-state index is -0.500. The van der Waals surface area contributed by atoms with Crippen molar-refractivity contribution in [2.75, 3.05) is 11.9 Å². The third-order valence-corrected chi connectivity index (χ3v) is 4.14. The molecule has 0 aliphatic carbocycles. The van der Waals surface area contributed by atoms with Gasteiger partial charge in [0.1, 0.15) is 11.6 Å². The lowest BCUT2D eigenvalue weighted by atomic mass is 10.1. The van der Waals surface area contributed by atoms with E-state index in [4.69, 9.17) is 5.41 Å². The highest BCUT2D eigenvalue weighted by atomic mass is 16.3. The summed E-state index contributed by atoms with van der Waals surface area (Å²) in [7, 11) is 0. The Hall–Kier alpha value is -3.94. The molecule has 0 aliphatic rings. The van der Waals surface area contributed by atoms with E-state index in [2.05, 4.69) is 20.6 Å². The summed E-state index contributed by atoms with van der Waals surface area (Å²) >= 11 is 0. The van der Waals surface area contributed by atoms with Gasteiger partial charge in [0, 0.05) is 18.2 Å². The maximum absolute atomic E-state index is 12.1. The number of aromatic nitrogens is 2. The van der Waals surface area contributed by atoms with Gasteiger partial charge in [-0.05, 0) is 48.7 Å². The lowest BCUT2D eigenvalue weighted by Crippen LogP contribution is -2.27.